The molecule has 2 unspecified atom stereocenters. The van der Waals surface area contributed by atoms with Crippen molar-refractivity contribution in [2.45, 2.75) is 60.3 Å². The molecule has 0 saturated carbocycles. The number of amides is 1. The van der Waals surface area contributed by atoms with Gasteiger partial charge in [-0.15, -0.1) is 0 Å². The number of ether oxygens (including phenoxy) is 2. The summed E-state index contributed by atoms with van der Waals surface area (Å²) in [5.74, 6) is 0.321. The third-order valence-corrected chi connectivity index (χ3v) is 16.0. The number of rotatable bonds is 10. The van der Waals surface area contributed by atoms with Gasteiger partial charge in [0.05, 0.1) is 0 Å². The van der Waals surface area contributed by atoms with E-state index in [1.165, 1.54) is 12.4 Å². The van der Waals surface area contributed by atoms with E-state index in [-0.39, 0.29) is 33.1 Å². The molecule has 12 heteroatoms. The predicted molar refractivity (Wildman–Crippen MR) is 175 cm³/mol. The summed E-state index contributed by atoms with van der Waals surface area (Å²) in [5, 5.41) is 16.4. The van der Waals surface area contributed by atoms with Gasteiger partial charge >= 0.3 is 210 Å². The molecule has 2 aromatic carbocycles. The Labute approximate surface area is 272 Å². The average Bonchev–Trinajstić information content (AvgIpc) is 3.63. The number of nitrogen functional groups attached to an aromatic ring is 1. The second-order valence-electron chi connectivity index (χ2n) is 12.1. The van der Waals surface area contributed by atoms with Crippen LogP contribution in [0.15, 0.2) is 66.5 Å². The van der Waals surface area contributed by atoms with E-state index in [0.29, 0.717) is 46.0 Å². The topological polar surface area (TPSA) is 132 Å². The molecule has 2 fully saturated rings. The van der Waals surface area contributed by atoms with E-state index in [9.17, 15) is 10.1 Å². The molecule has 4 aromatic rings. The zero-order valence-electron chi connectivity index (χ0n) is 26.2. The number of benzene rings is 2. The number of carbonyl (C=O) groups excluding carboxylic acids is 1. The van der Waals surface area contributed by atoms with Gasteiger partial charge in [-0.3, -0.25) is 0 Å². The van der Waals surface area contributed by atoms with Gasteiger partial charge in [0.1, 0.15) is 11.5 Å². The molecule has 2 aliphatic heterocycles. The molecule has 0 spiro atoms. The van der Waals surface area contributed by atoms with Crippen molar-refractivity contribution in [2.24, 2.45) is 0 Å². The number of allylic oxidation sites excluding steroid dienone is 1. The first-order chi connectivity index (χ1) is 22.2. The summed E-state index contributed by atoms with van der Waals surface area (Å²) in [6, 6.07) is 15.7. The van der Waals surface area contributed by atoms with Crippen LogP contribution in [0.3, 0.4) is 0 Å². The van der Waals surface area contributed by atoms with Gasteiger partial charge in [-0.1, -0.05) is 18.2 Å². The number of anilines is 1. The Morgan fingerprint density at radius 3 is 2.67 bits per heavy atom. The van der Waals surface area contributed by atoms with Crippen LogP contribution in [0, 0.1) is 17.1 Å². The van der Waals surface area contributed by atoms with Gasteiger partial charge in [0.2, 0.25) is 0 Å². The van der Waals surface area contributed by atoms with Gasteiger partial charge in [-0.2, -0.15) is 0 Å². The van der Waals surface area contributed by atoms with Gasteiger partial charge in [0, 0.05) is 6.07 Å². The van der Waals surface area contributed by atoms with Crippen LogP contribution in [-0.4, -0.2) is 71.0 Å². The summed E-state index contributed by atoms with van der Waals surface area (Å²) < 4.78 is 28.9. The van der Waals surface area contributed by atoms with Crippen LogP contribution in [-0.2, 0) is 16.1 Å². The fourth-order valence-electron chi connectivity index (χ4n) is 6.49. The number of nitrogens with two attached hydrogens (primary N) is 1. The second kappa shape index (κ2) is 13.2. The van der Waals surface area contributed by atoms with Gasteiger partial charge < -0.3 is 4.74 Å². The number of fused-ring (bicyclic) bond motifs is 1. The zero-order chi connectivity index (χ0) is 32.4. The molecule has 1 amide bonds. The van der Waals surface area contributed by atoms with Crippen LogP contribution in [0.1, 0.15) is 33.6 Å². The van der Waals surface area contributed by atoms with Crippen molar-refractivity contribution in [2.75, 3.05) is 25.5 Å². The van der Waals surface area contributed by atoms with E-state index in [0.717, 1.165) is 31.3 Å². The molecule has 46 heavy (non-hydrogen) atoms. The first kappa shape index (κ1) is 31.7. The molecule has 6 rings (SSSR count). The van der Waals surface area contributed by atoms with Crippen molar-refractivity contribution >= 4 is 37.4 Å². The molecule has 2 N–H and O–H groups in total. The fraction of sp³-hybridized carbons (Fsp3) is 0.382. The summed E-state index contributed by atoms with van der Waals surface area (Å²) in [6.07, 6.45) is 4.79. The number of hydrogen-bond donors (Lipinski definition) is 1. The Kier molecular flexibility index (Phi) is 9.12. The number of hydrogen-bond acceptors (Lipinski definition) is 8. The molecule has 238 valence electrons. The van der Waals surface area contributed by atoms with Crippen molar-refractivity contribution in [1.82, 2.24) is 24.6 Å². The minimum atomic E-state index is -1.42. The van der Waals surface area contributed by atoms with E-state index < -0.39 is 20.5 Å². The third-order valence-electron chi connectivity index (χ3n) is 8.75. The summed E-state index contributed by atoms with van der Waals surface area (Å²) in [5.41, 5.74) is 7.47. The Hall–Kier alpha value is -4.26. The van der Waals surface area contributed by atoms with Gasteiger partial charge in [0.15, 0.2) is 0 Å². The molecule has 2 saturated heterocycles. The van der Waals surface area contributed by atoms with Crippen molar-refractivity contribution in [3.8, 4) is 28.8 Å². The fourth-order valence-corrected chi connectivity index (χ4v) is 13.1. The van der Waals surface area contributed by atoms with E-state index >= 15 is 4.39 Å². The first-order valence-corrected chi connectivity index (χ1v) is 18.8. The van der Waals surface area contributed by atoms with Crippen LogP contribution < -0.4 is 10.5 Å². The van der Waals surface area contributed by atoms with Crippen molar-refractivity contribution < 1.29 is 18.7 Å². The van der Waals surface area contributed by atoms with Gasteiger partial charge in [0.25, 0.3) is 0 Å². The summed E-state index contributed by atoms with van der Waals surface area (Å²) in [6.45, 7) is 8.91. The number of nitrogens with zero attached hydrogens (tertiary/aromatic N) is 6. The Bertz CT molecular complexity index is 1820. The van der Waals surface area contributed by atoms with Crippen LogP contribution in [0.4, 0.5) is 10.2 Å². The van der Waals surface area contributed by atoms with Crippen LogP contribution in [0.2, 0.25) is 14.1 Å². The van der Waals surface area contributed by atoms with E-state index in [4.69, 9.17) is 20.3 Å². The van der Waals surface area contributed by atoms with Crippen LogP contribution >= 0.6 is 0 Å². The summed E-state index contributed by atoms with van der Waals surface area (Å²) in [7, 11) is 0. The van der Waals surface area contributed by atoms with Crippen molar-refractivity contribution in [3.05, 3.63) is 72.3 Å². The number of carbonyl (C=O) groups is 1. The van der Waals surface area contributed by atoms with Gasteiger partial charge in [-0.05, 0) is 18.2 Å². The molecule has 0 aliphatic carbocycles. The number of likely N-dealkylation sites (tertiary alicyclic amines) is 1. The molecule has 0 bridgehead atoms. The molecule has 10 nitrogen and oxygen atoms in total. The molecular formula is C34H37AsFN7O3. The second-order valence-corrected chi connectivity index (χ2v) is 19.4. The third kappa shape index (κ3) is 6.24. The van der Waals surface area contributed by atoms with Gasteiger partial charge in [-0.25, -0.2) is 4.39 Å². The Balaban J connectivity index is 1.27. The Morgan fingerprint density at radius 1 is 1.22 bits per heavy atom. The number of para-hydroxylation sites is 1. The summed E-state index contributed by atoms with van der Waals surface area (Å²) in [4.78, 5) is 24.2. The SMILES string of the molecule is CC[As](C1COC1)C(C)(C)C=C(C#N)C(=O)N1CCCC1Cn1nc(-c2ccc(Oc3ccccc3)cc2F)c2c(N)ncnc21. The number of nitriles is 1. The Morgan fingerprint density at radius 2 is 2.00 bits per heavy atom. The quantitative estimate of drug-likeness (QED) is 0.120. The molecule has 2 aliphatic rings. The van der Waals surface area contributed by atoms with E-state index in [2.05, 4.69) is 36.8 Å². The monoisotopic (exact) mass is 685 g/mol. The molecule has 4 heterocycles. The number of aromatic nitrogens is 4. The molecule has 2 aromatic heterocycles. The van der Waals surface area contributed by atoms with Crippen molar-refractivity contribution in [3.63, 3.8) is 0 Å². The molecule has 0 radical (unpaired) electrons. The van der Waals surface area contributed by atoms with E-state index in [1.54, 1.807) is 33.8 Å². The average molecular weight is 686 g/mol. The number of halogens is 1. The van der Waals surface area contributed by atoms with E-state index in [1.807, 2.05) is 24.3 Å². The maximum absolute atomic E-state index is 15.6. The van der Waals surface area contributed by atoms with Crippen LogP contribution in [0.5, 0.6) is 11.5 Å². The minimum absolute atomic E-state index is 0.179. The normalized spacial score (nSPS) is 17.9. The predicted octanol–water partition coefficient (Wildman–Crippen LogP) is 6.14. The molecule has 2 atom stereocenters. The van der Waals surface area contributed by atoms with Crippen molar-refractivity contribution in [1.29, 1.82) is 5.26 Å². The van der Waals surface area contributed by atoms with Crippen LogP contribution in [0.25, 0.3) is 22.3 Å². The maximum atomic E-state index is 15.6. The summed E-state index contributed by atoms with van der Waals surface area (Å²) >= 11 is -1.42. The first-order valence-electron chi connectivity index (χ1n) is 15.5. The standard InChI is InChI=1S/C34H37AsFN7O3/c1-4-35(23-19-45-20-23)34(2,3)16-22(17-37)33(44)42-14-8-9-24(42)18-43-32-29(31(38)39-21-40-32)30(41-43)27-13-12-26(15-28(27)36)46-25-10-6-5-7-11-25/h5-7,10-13,15-16,21,23-24H,4,8-9,14,18-20H2,1-3H3,(H2,38,39,40). The molecular weight excluding hydrogens is 648 g/mol. The zero-order valence-corrected chi connectivity index (χ0v) is 28.1.